The fourth-order valence-corrected chi connectivity index (χ4v) is 3.30. The van der Waals surface area contributed by atoms with Crippen LogP contribution in [-0.2, 0) is 6.54 Å². The molecule has 3 rings (SSSR count). The van der Waals surface area contributed by atoms with Crippen molar-refractivity contribution in [2.45, 2.75) is 46.6 Å². The first kappa shape index (κ1) is 18.2. The molecule has 1 aromatic heterocycles. The molecule has 0 atom stereocenters. The highest BCUT2D eigenvalue weighted by molar-refractivity contribution is 6.08. The van der Waals surface area contributed by atoms with E-state index in [9.17, 15) is 4.79 Å². The average Bonchev–Trinajstić information content (AvgIpc) is 3.01. The number of hydrogen-bond donors (Lipinski definition) is 0. The molecule has 3 heteroatoms. The first-order valence-corrected chi connectivity index (χ1v) is 9.41. The van der Waals surface area contributed by atoms with Crippen LogP contribution in [-0.4, -0.2) is 17.0 Å². The third-order valence-corrected chi connectivity index (χ3v) is 4.71. The van der Waals surface area contributed by atoms with Crippen LogP contribution in [0.15, 0.2) is 48.7 Å². The van der Waals surface area contributed by atoms with Crippen molar-refractivity contribution >= 4 is 16.7 Å². The van der Waals surface area contributed by atoms with E-state index in [1.165, 1.54) is 5.56 Å². The Bertz CT molecular complexity index is 908. The van der Waals surface area contributed by atoms with Gasteiger partial charge in [0.05, 0.1) is 6.61 Å². The number of rotatable bonds is 8. The van der Waals surface area contributed by atoms with Gasteiger partial charge < -0.3 is 9.30 Å². The van der Waals surface area contributed by atoms with E-state index in [0.29, 0.717) is 13.0 Å². The Kier molecular flexibility index (Phi) is 5.77. The normalized spacial score (nSPS) is 11.0. The van der Waals surface area contributed by atoms with Crippen molar-refractivity contribution < 1.29 is 9.53 Å². The van der Waals surface area contributed by atoms with Gasteiger partial charge in [0.1, 0.15) is 5.75 Å². The molecule has 0 bridgehead atoms. The van der Waals surface area contributed by atoms with Gasteiger partial charge in [-0.3, -0.25) is 4.79 Å². The first-order chi connectivity index (χ1) is 12.6. The predicted octanol–water partition coefficient (Wildman–Crippen LogP) is 5.71. The van der Waals surface area contributed by atoms with Gasteiger partial charge in [-0.2, -0.15) is 0 Å². The van der Waals surface area contributed by atoms with Crippen LogP contribution >= 0.6 is 0 Å². The number of aromatic nitrogens is 1. The number of carbonyl (C=O) groups is 1. The Morgan fingerprint density at radius 1 is 1.12 bits per heavy atom. The second-order valence-corrected chi connectivity index (χ2v) is 6.90. The van der Waals surface area contributed by atoms with Crippen molar-refractivity contribution in [2.24, 2.45) is 0 Å². The lowest BCUT2D eigenvalue weighted by Crippen LogP contribution is -2.05. The van der Waals surface area contributed by atoms with Gasteiger partial charge in [0.25, 0.3) is 0 Å². The van der Waals surface area contributed by atoms with Crippen molar-refractivity contribution in [3.8, 4) is 5.75 Å². The summed E-state index contributed by atoms with van der Waals surface area (Å²) < 4.78 is 8.15. The molecule has 0 N–H and O–H groups in total. The standard InChI is InChI=1S/C23H27NO2/c1-4-8-22(25)20-16-24(21-10-6-5-9-19(20)21)13-7-14-26-23-15-17(2)11-12-18(23)3/h5-6,9-12,15-16H,4,7-8,13-14H2,1-3H3. The number of fused-ring (bicyclic) bond motifs is 1. The molecule has 0 aliphatic heterocycles. The largest absolute Gasteiger partial charge is 0.493 e. The molecule has 0 saturated heterocycles. The lowest BCUT2D eigenvalue weighted by molar-refractivity contribution is 0.0983. The number of nitrogens with zero attached hydrogens (tertiary/aromatic N) is 1. The van der Waals surface area contributed by atoms with E-state index in [1.807, 2.05) is 31.3 Å². The predicted molar refractivity (Wildman–Crippen MR) is 107 cm³/mol. The Labute approximate surface area is 155 Å². The summed E-state index contributed by atoms with van der Waals surface area (Å²) in [5.41, 5.74) is 4.34. The molecular formula is C23H27NO2. The summed E-state index contributed by atoms with van der Waals surface area (Å²) in [6, 6.07) is 14.4. The van der Waals surface area contributed by atoms with Gasteiger partial charge in [0.2, 0.25) is 0 Å². The molecule has 0 radical (unpaired) electrons. The highest BCUT2D eigenvalue weighted by atomic mass is 16.5. The fraction of sp³-hybridized carbons (Fsp3) is 0.348. The third-order valence-electron chi connectivity index (χ3n) is 4.71. The molecule has 26 heavy (non-hydrogen) atoms. The van der Waals surface area contributed by atoms with Crippen LogP contribution in [0.25, 0.3) is 10.9 Å². The molecule has 0 fully saturated rings. The van der Waals surface area contributed by atoms with E-state index in [-0.39, 0.29) is 5.78 Å². The topological polar surface area (TPSA) is 31.2 Å². The number of para-hydroxylation sites is 1. The average molecular weight is 349 g/mol. The zero-order chi connectivity index (χ0) is 18.5. The number of benzene rings is 2. The van der Waals surface area contributed by atoms with Crippen molar-refractivity contribution in [3.05, 3.63) is 65.4 Å². The molecule has 0 unspecified atom stereocenters. The molecule has 3 aromatic rings. The number of Topliss-reactive ketones (excluding diaryl/α,β-unsaturated/α-hetero) is 1. The summed E-state index contributed by atoms with van der Waals surface area (Å²) in [5, 5.41) is 1.06. The van der Waals surface area contributed by atoms with E-state index in [1.54, 1.807) is 0 Å². The maximum atomic E-state index is 12.4. The van der Waals surface area contributed by atoms with E-state index in [2.05, 4.69) is 42.7 Å². The SMILES string of the molecule is CCCC(=O)c1cn(CCCOc2cc(C)ccc2C)c2ccccc12. The summed E-state index contributed by atoms with van der Waals surface area (Å²) >= 11 is 0. The monoisotopic (exact) mass is 349 g/mol. The molecular weight excluding hydrogens is 322 g/mol. The summed E-state index contributed by atoms with van der Waals surface area (Å²) in [6.45, 7) is 7.69. The van der Waals surface area contributed by atoms with Crippen LogP contribution in [0.5, 0.6) is 5.75 Å². The minimum Gasteiger partial charge on any atom is -0.493 e. The van der Waals surface area contributed by atoms with E-state index in [4.69, 9.17) is 4.74 Å². The number of carbonyl (C=O) groups excluding carboxylic acids is 1. The summed E-state index contributed by atoms with van der Waals surface area (Å²) in [6.07, 6.45) is 4.39. The second-order valence-electron chi connectivity index (χ2n) is 6.90. The van der Waals surface area contributed by atoms with E-state index < -0.39 is 0 Å². The molecule has 2 aromatic carbocycles. The van der Waals surface area contributed by atoms with Crippen molar-refractivity contribution in [2.75, 3.05) is 6.61 Å². The lowest BCUT2D eigenvalue weighted by atomic mass is 10.1. The fourth-order valence-electron chi connectivity index (χ4n) is 3.30. The molecule has 0 aliphatic rings. The van der Waals surface area contributed by atoms with Crippen molar-refractivity contribution in [3.63, 3.8) is 0 Å². The van der Waals surface area contributed by atoms with Gasteiger partial charge in [-0.1, -0.05) is 37.3 Å². The summed E-state index contributed by atoms with van der Waals surface area (Å²) in [5.74, 6) is 1.19. The van der Waals surface area contributed by atoms with Crippen LogP contribution in [0.4, 0.5) is 0 Å². The number of ketones is 1. The Hall–Kier alpha value is -2.55. The zero-order valence-electron chi connectivity index (χ0n) is 15.9. The Balaban J connectivity index is 1.69. The molecule has 0 aliphatic carbocycles. The molecule has 3 nitrogen and oxygen atoms in total. The first-order valence-electron chi connectivity index (χ1n) is 9.41. The van der Waals surface area contributed by atoms with Gasteiger partial charge in [-0.05, 0) is 49.9 Å². The van der Waals surface area contributed by atoms with E-state index in [0.717, 1.165) is 47.2 Å². The number of hydrogen-bond acceptors (Lipinski definition) is 2. The molecule has 136 valence electrons. The second kappa shape index (κ2) is 8.22. The molecule has 0 saturated carbocycles. The maximum Gasteiger partial charge on any atom is 0.165 e. The van der Waals surface area contributed by atoms with Gasteiger partial charge >= 0.3 is 0 Å². The van der Waals surface area contributed by atoms with Gasteiger partial charge in [0, 0.05) is 35.6 Å². The van der Waals surface area contributed by atoms with Gasteiger partial charge in [-0.25, -0.2) is 0 Å². The molecule has 1 heterocycles. The maximum absolute atomic E-state index is 12.4. The van der Waals surface area contributed by atoms with Crippen molar-refractivity contribution in [1.82, 2.24) is 4.57 Å². The highest BCUT2D eigenvalue weighted by Gasteiger charge is 2.13. The van der Waals surface area contributed by atoms with Crippen LogP contribution in [0.2, 0.25) is 0 Å². The lowest BCUT2D eigenvalue weighted by Gasteiger charge is -2.10. The smallest absolute Gasteiger partial charge is 0.165 e. The van der Waals surface area contributed by atoms with Gasteiger partial charge in [0.15, 0.2) is 5.78 Å². The van der Waals surface area contributed by atoms with Crippen LogP contribution in [0.1, 0.15) is 47.7 Å². The van der Waals surface area contributed by atoms with Gasteiger partial charge in [-0.15, -0.1) is 0 Å². The summed E-state index contributed by atoms with van der Waals surface area (Å²) in [4.78, 5) is 12.4. The number of aryl methyl sites for hydroxylation is 3. The quantitative estimate of drug-likeness (QED) is 0.385. The summed E-state index contributed by atoms with van der Waals surface area (Å²) in [7, 11) is 0. The van der Waals surface area contributed by atoms with Crippen LogP contribution in [0.3, 0.4) is 0 Å². The Morgan fingerprint density at radius 2 is 1.92 bits per heavy atom. The number of ether oxygens (including phenoxy) is 1. The highest BCUT2D eigenvalue weighted by Crippen LogP contribution is 2.24. The third kappa shape index (κ3) is 3.98. The zero-order valence-corrected chi connectivity index (χ0v) is 15.9. The molecule has 0 amide bonds. The van der Waals surface area contributed by atoms with Crippen LogP contribution in [0, 0.1) is 13.8 Å². The van der Waals surface area contributed by atoms with Crippen molar-refractivity contribution in [1.29, 1.82) is 0 Å². The van der Waals surface area contributed by atoms with Crippen LogP contribution < -0.4 is 4.74 Å². The minimum absolute atomic E-state index is 0.231. The minimum atomic E-state index is 0.231. The Morgan fingerprint density at radius 3 is 2.73 bits per heavy atom. The van der Waals surface area contributed by atoms with E-state index >= 15 is 0 Å². The molecule has 0 spiro atoms.